The normalized spacial score (nSPS) is 20.5. The number of pyridine rings is 1. The zero-order valence-corrected chi connectivity index (χ0v) is 8.30. The van der Waals surface area contributed by atoms with Gasteiger partial charge >= 0.3 is 0 Å². The first-order chi connectivity index (χ1) is 6.20. The molecule has 1 N–H and O–H groups in total. The van der Waals surface area contributed by atoms with E-state index in [2.05, 4.69) is 30.2 Å². The van der Waals surface area contributed by atoms with Gasteiger partial charge in [-0.05, 0) is 24.6 Å². The van der Waals surface area contributed by atoms with Gasteiger partial charge in [-0.3, -0.25) is 4.98 Å². The van der Waals surface area contributed by atoms with Gasteiger partial charge in [0.15, 0.2) is 0 Å². The Labute approximate surface area is 79.4 Å². The second kappa shape index (κ2) is 3.11. The molecule has 0 saturated carbocycles. The van der Waals surface area contributed by atoms with Crippen molar-refractivity contribution in [3.63, 3.8) is 0 Å². The summed E-state index contributed by atoms with van der Waals surface area (Å²) in [6, 6.07) is 4.22. The fourth-order valence-electron chi connectivity index (χ4n) is 1.96. The van der Waals surface area contributed by atoms with Crippen molar-refractivity contribution in [3.8, 4) is 0 Å². The van der Waals surface area contributed by atoms with Gasteiger partial charge in [0.05, 0.1) is 5.69 Å². The summed E-state index contributed by atoms with van der Waals surface area (Å²) in [4.78, 5) is 4.49. The van der Waals surface area contributed by atoms with Crippen LogP contribution in [0, 0.1) is 0 Å². The number of fused-ring (bicyclic) bond motifs is 1. The Balaban J connectivity index is 2.48. The molecule has 2 heterocycles. The van der Waals surface area contributed by atoms with Crippen molar-refractivity contribution < 1.29 is 0 Å². The van der Waals surface area contributed by atoms with Crippen LogP contribution >= 0.6 is 0 Å². The molecule has 13 heavy (non-hydrogen) atoms. The first kappa shape index (κ1) is 8.70. The molecule has 0 saturated heterocycles. The fourth-order valence-corrected chi connectivity index (χ4v) is 1.96. The predicted octanol–water partition coefficient (Wildman–Crippen LogP) is 1.50. The van der Waals surface area contributed by atoms with E-state index >= 15 is 0 Å². The molecule has 1 aromatic rings. The molecule has 0 spiro atoms. The van der Waals surface area contributed by atoms with Crippen LogP contribution in [0.4, 0.5) is 0 Å². The molecule has 0 aliphatic carbocycles. The molecule has 2 nitrogen and oxygen atoms in total. The molecular weight excluding hydrogens is 160 g/mol. The lowest BCUT2D eigenvalue weighted by Gasteiger charge is -2.23. The van der Waals surface area contributed by atoms with E-state index in [-0.39, 0.29) is 5.41 Å². The Kier molecular flexibility index (Phi) is 2.08. The number of nitrogens with one attached hydrogen (secondary N) is 1. The maximum atomic E-state index is 4.49. The molecule has 0 fully saturated rings. The number of rotatable bonds is 0. The Morgan fingerprint density at radius 1 is 1.46 bits per heavy atom. The third kappa shape index (κ3) is 1.59. The first-order valence-corrected chi connectivity index (χ1v) is 4.85. The highest BCUT2D eigenvalue weighted by Gasteiger charge is 2.26. The summed E-state index contributed by atoms with van der Waals surface area (Å²) in [5.41, 5.74) is 2.84. The van der Waals surface area contributed by atoms with Gasteiger partial charge in [-0.1, -0.05) is 19.9 Å². The molecule has 2 heteroatoms. The van der Waals surface area contributed by atoms with Crippen molar-refractivity contribution in [2.75, 3.05) is 13.1 Å². The lowest BCUT2D eigenvalue weighted by molar-refractivity contribution is 0.476. The molecule has 70 valence electrons. The highest BCUT2D eigenvalue weighted by atomic mass is 14.9. The molecule has 0 atom stereocenters. The molecule has 1 aromatic heterocycles. The fraction of sp³-hybridized carbons (Fsp3) is 0.545. The minimum atomic E-state index is 0.174. The third-order valence-electron chi connectivity index (χ3n) is 2.67. The molecule has 0 bridgehead atoms. The second-order valence-corrected chi connectivity index (χ2v) is 4.32. The molecule has 2 rings (SSSR count). The highest BCUT2D eigenvalue weighted by Crippen LogP contribution is 2.25. The molecule has 0 unspecified atom stereocenters. The average molecular weight is 176 g/mol. The van der Waals surface area contributed by atoms with E-state index in [4.69, 9.17) is 0 Å². The van der Waals surface area contributed by atoms with E-state index in [9.17, 15) is 0 Å². The summed E-state index contributed by atoms with van der Waals surface area (Å²) in [6.45, 7) is 6.59. The van der Waals surface area contributed by atoms with E-state index in [0.29, 0.717) is 0 Å². The number of aromatic nitrogens is 1. The topological polar surface area (TPSA) is 24.9 Å². The molecule has 0 aromatic carbocycles. The minimum absolute atomic E-state index is 0.174. The average Bonchev–Trinajstić information content (AvgIpc) is 2.26. The number of nitrogens with zero attached hydrogens (tertiary/aromatic N) is 1. The SMILES string of the molecule is CC1(C)CNCCc2cccnc21. The largest absolute Gasteiger partial charge is 0.315 e. The van der Waals surface area contributed by atoms with Crippen molar-refractivity contribution in [1.29, 1.82) is 0 Å². The quantitative estimate of drug-likeness (QED) is 0.648. The summed E-state index contributed by atoms with van der Waals surface area (Å²) >= 11 is 0. The van der Waals surface area contributed by atoms with Gasteiger partial charge in [-0.25, -0.2) is 0 Å². The summed E-state index contributed by atoms with van der Waals surface area (Å²) < 4.78 is 0. The minimum Gasteiger partial charge on any atom is -0.315 e. The van der Waals surface area contributed by atoms with E-state index in [1.54, 1.807) is 0 Å². The van der Waals surface area contributed by atoms with Crippen LogP contribution in [-0.2, 0) is 11.8 Å². The van der Waals surface area contributed by atoms with Gasteiger partial charge in [0.2, 0.25) is 0 Å². The van der Waals surface area contributed by atoms with E-state index in [0.717, 1.165) is 19.5 Å². The summed E-state index contributed by atoms with van der Waals surface area (Å²) in [6.07, 6.45) is 3.00. The van der Waals surface area contributed by atoms with Crippen molar-refractivity contribution in [2.24, 2.45) is 0 Å². The standard InChI is InChI=1S/C11H16N2/c1-11(2)8-12-7-5-9-4-3-6-13-10(9)11/h3-4,6,12H,5,7-8H2,1-2H3. The molecule has 0 radical (unpaired) electrons. The molecule has 0 amide bonds. The molecule has 1 aliphatic heterocycles. The summed E-state index contributed by atoms with van der Waals surface area (Å²) in [5.74, 6) is 0. The monoisotopic (exact) mass is 176 g/mol. The zero-order valence-electron chi connectivity index (χ0n) is 8.30. The van der Waals surface area contributed by atoms with Gasteiger partial charge in [0.1, 0.15) is 0 Å². The van der Waals surface area contributed by atoms with Gasteiger partial charge in [-0.15, -0.1) is 0 Å². The van der Waals surface area contributed by atoms with Gasteiger partial charge in [-0.2, -0.15) is 0 Å². The lowest BCUT2D eigenvalue weighted by atomic mass is 9.86. The van der Waals surface area contributed by atoms with E-state index in [1.165, 1.54) is 11.3 Å². The van der Waals surface area contributed by atoms with Gasteiger partial charge in [0, 0.05) is 18.2 Å². The van der Waals surface area contributed by atoms with E-state index < -0.39 is 0 Å². The van der Waals surface area contributed by atoms with E-state index in [1.807, 2.05) is 12.3 Å². The van der Waals surface area contributed by atoms with Crippen LogP contribution in [-0.4, -0.2) is 18.1 Å². The van der Waals surface area contributed by atoms with Crippen molar-refractivity contribution in [2.45, 2.75) is 25.7 Å². The van der Waals surface area contributed by atoms with Crippen LogP contribution in [0.1, 0.15) is 25.1 Å². The van der Waals surface area contributed by atoms with Crippen LogP contribution in [0.5, 0.6) is 0 Å². The predicted molar refractivity (Wildman–Crippen MR) is 53.8 cm³/mol. The van der Waals surface area contributed by atoms with Crippen LogP contribution in [0.25, 0.3) is 0 Å². The van der Waals surface area contributed by atoms with Gasteiger partial charge in [0.25, 0.3) is 0 Å². The lowest BCUT2D eigenvalue weighted by Crippen LogP contribution is -2.31. The summed E-state index contributed by atoms with van der Waals surface area (Å²) in [5, 5.41) is 3.44. The molecule has 1 aliphatic rings. The highest BCUT2D eigenvalue weighted by molar-refractivity contribution is 5.28. The van der Waals surface area contributed by atoms with Crippen LogP contribution in [0.15, 0.2) is 18.3 Å². The van der Waals surface area contributed by atoms with Crippen molar-refractivity contribution in [1.82, 2.24) is 10.3 Å². The maximum absolute atomic E-state index is 4.49. The number of hydrogen-bond donors (Lipinski definition) is 1. The van der Waals surface area contributed by atoms with Crippen molar-refractivity contribution in [3.05, 3.63) is 29.6 Å². The maximum Gasteiger partial charge on any atom is 0.0504 e. The number of hydrogen-bond acceptors (Lipinski definition) is 2. The Morgan fingerprint density at radius 3 is 3.15 bits per heavy atom. The second-order valence-electron chi connectivity index (χ2n) is 4.32. The smallest absolute Gasteiger partial charge is 0.0504 e. The Morgan fingerprint density at radius 2 is 2.31 bits per heavy atom. The first-order valence-electron chi connectivity index (χ1n) is 4.85. The van der Waals surface area contributed by atoms with Crippen LogP contribution in [0.2, 0.25) is 0 Å². The van der Waals surface area contributed by atoms with Crippen LogP contribution < -0.4 is 5.32 Å². The molecular formula is C11H16N2. The third-order valence-corrected chi connectivity index (χ3v) is 2.67. The Bertz CT molecular complexity index is 305. The van der Waals surface area contributed by atoms with Gasteiger partial charge < -0.3 is 5.32 Å². The van der Waals surface area contributed by atoms with Crippen molar-refractivity contribution >= 4 is 0 Å². The Hall–Kier alpha value is -0.890. The van der Waals surface area contributed by atoms with Crippen LogP contribution in [0.3, 0.4) is 0 Å². The zero-order chi connectivity index (χ0) is 9.31. The summed E-state index contributed by atoms with van der Waals surface area (Å²) in [7, 11) is 0.